The fourth-order valence-electron chi connectivity index (χ4n) is 3.97. The second-order valence-electron chi connectivity index (χ2n) is 6.74. The van der Waals surface area contributed by atoms with E-state index in [1.165, 1.54) is 62.3 Å². The first-order chi connectivity index (χ1) is 9.85. The normalized spacial score (nSPS) is 32.9. The van der Waals surface area contributed by atoms with Crippen molar-refractivity contribution in [2.24, 2.45) is 0 Å². The fourth-order valence-corrected chi connectivity index (χ4v) is 5.02. The molecule has 1 aromatic rings. The Labute approximate surface area is 125 Å². The minimum absolute atomic E-state index is 0.737. The zero-order valence-corrected chi connectivity index (χ0v) is 13.2. The van der Waals surface area contributed by atoms with Gasteiger partial charge in [0.05, 0.1) is 5.69 Å². The lowest BCUT2D eigenvalue weighted by atomic mass is 9.98. The Kier molecular flexibility index (Phi) is 3.47. The van der Waals surface area contributed by atoms with Gasteiger partial charge in [-0.05, 0) is 51.5 Å². The van der Waals surface area contributed by atoms with Crippen molar-refractivity contribution < 1.29 is 0 Å². The number of aromatic nitrogens is 1. The van der Waals surface area contributed by atoms with Crippen molar-refractivity contribution >= 4 is 16.5 Å². The summed E-state index contributed by atoms with van der Waals surface area (Å²) in [4.78, 5) is 7.62. The van der Waals surface area contributed by atoms with Crippen LogP contribution in [0.4, 0.5) is 5.13 Å². The summed E-state index contributed by atoms with van der Waals surface area (Å²) in [5.41, 5.74) is 1.37. The summed E-state index contributed by atoms with van der Waals surface area (Å²) in [6, 6.07) is 2.22. The molecule has 2 unspecified atom stereocenters. The molecule has 1 saturated carbocycles. The van der Waals surface area contributed by atoms with Crippen LogP contribution in [0.3, 0.4) is 0 Å². The van der Waals surface area contributed by atoms with E-state index in [-0.39, 0.29) is 0 Å². The van der Waals surface area contributed by atoms with E-state index in [2.05, 4.69) is 22.5 Å². The van der Waals surface area contributed by atoms with E-state index < -0.39 is 0 Å². The third kappa shape index (κ3) is 2.37. The molecule has 3 fully saturated rings. The molecule has 1 aromatic heterocycles. The smallest absolute Gasteiger partial charge is 0.186 e. The summed E-state index contributed by atoms with van der Waals surface area (Å²) in [7, 11) is 0. The van der Waals surface area contributed by atoms with Crippen molar-refractivity contribution in [2.75, 3.05) is 11.4 Å². The molecule has 4 heteroatoms. The topological polar surface area (TPSA) is 28.2 Å². The van der Waals surface area contributed by atoms with Crippen LogP contribution in [0, 0.1) is 0 Å². The second-order valence-corrected chi connectivity index (χ2v) is 7.58. The van der Waals surface area contributed by atoms with Gasteiger partial charge < -0.3 is 10.2 Å². The number of nitrogens with one attached hydrogen (secondary N) is 1. The van der Waals surface area contributed by atoms with Crippen LogP contribution < -0.4 is 10.2 Å². The molecule has 4 rings (SSSR count). The van der Waals surface area contributed by atoms with Crippen LogP contribution in [-0.2, 0) is 0 Å². The molecule has 0 aromatic carbocycles. The predicted molar refractivity (Wildman–Crippen MR) is 84.7 cm³/mol. The minimum atomic E-state index is 0.737. The van der Waals surface area contributed by atoms with Gasteiger partial charge in [-0.15, -0.1) is 11.3 Å². The van der Waals surface area contributed by atoms with Crippen LogP contribution in [0.25, 0.3) is 0 Å². The number of rotatable bonds is 5. The number of fused-ring (bicyclic) bond motifs is 2. The summed E-state index contributed by atoms with van der Waals surface area (Å²) in [5.74, 6) is 0.793. The Hall–Kier alpha value is -0.610. The Morgan fingerprint density at radius 1 is 1.25 bits per heavy atom. The van der Waals surface area contributed by atoms with E-state index in [0.29, 0.717) is 0 Å². The lowest BCUT2D eigenvalue weighted by Gasteiger charge is -2.39. The summed E-state index contributed by atoms with van der Waals surface area (Å²) in [5, 5.41) is 7.36. The van der Waals surface area contributed by atoms with E-state index >= 15 is 0 Å². The van der Waals surface area contributed by atoms with Crippen LogP contribution in [0.1, 0.15) is 63.5 Å². The zero-order valence-electron chi connectivity index (χ0n) is 12.3. The molecule has 1 N–H and O–H groups in total. The van der Waals surface area contributed by atoms with Crippen LogP contribution >= 0.6 is 11.3 Å². The molecule has 2 bridgehead atoms. The minimum Gasteiger partial charge on any atom is -0.342 e. The van der Waals surface area contributed by atoms with E-state index in [0.717, 1.165) is 24.0 Å². The molecule has 2 atom stereocenters. The Bertz CT molecular complexity index is 454. The highest BCUT2D eigenvalue weighted by Gasteiger charge is 2.42. The fraction of sp³-hybridized carbons (Fsp3) is 0.812. The number of hydrogen-bond acceptors (Lipinski definition) is 4. The quantitative estimate of drug-likeness (QED) is 0.899. The van der Waals surface area contributed by atoms with Crippen molar-refractivity contribution in [1.29, 1.82) is 0 Å². The predicted octanol–water partition coefficient (Wildman–Crippen LogP) is 3.52. The molecule has 20 heavy (non-hydrogen) atoms. The maximum atomic E-state index is 4.95. The van der Waals surface area contributed by atoms with E-state index in [1.54, 1.807) is 0 Å². The highest BCUT2D eigenvalue weighted by Crippen LogP contribution is 2.44. The van der Waals surface area contributed by atoms with Gasteiger partial charge in [0.25, 0.3) is 0 Å². The van der Waals surface area contributed by atoms with Gasteiger partial charge >= 0.3 is 0 Å². The number of hydrogen-bond donors (Lipinski definition) is 1. The first-order valence-corrected chi connectivity index (χ1v) is 9.20. The third-order valence-electron chi connectivity index (χ3n) is 5.14. The molecule has 0 spiro atoms. The first kappa shape index (κ1) is 13.1. The molecule has 3 nitrogen and oxygen atoms in total. The highest BCUT2D eigenvalue weighted by molar-refractivity contribution is 7.13. The van der Waals surface area contributed by atoms with E-state index in [1.807, 2.05) is 11.3 Å². The monoisotopic (exact) mass is 291 g/mol. The van der Waals surface area contributed by atoms with Crippen molar-refractivity contribution in [1.82, 2.24) is 10.3 Å². The van der Waals surface area contributed by atoms with Gasteiger partial charge in [-0.2, -0.15) is 0 Å². The molecule has 3 heterocycles. The van der Waals surface area contributed by atoms with E-state index in [9.17, 15) is 0 Å². The summed E-state index contributed by atoms with van der Waals surface area (Å²) in [6.45, 7) is 3.43. The summed E-state index contributed by atoms with van der Waals surface area (Å²) >= 11 is 1.89. The zero-order chi connectivity index (χ0) is 13.5. The molecule has 3 aliphatic rings. The van der Waals surface area contributed by atoms with Gasteiger partial charge in [0.1, 0.15) is 0 Å². The van der Waals surface area contributed by atoms with Gasteiger partial charge in [-0.25, -0.2) is 4.98 Å². The van der Waals surface area contributed by atoms with Crippen molar-refractivity contribution in [2.45, 2.75) is 75.9 Å². The molecule has 2 saturated heterocycles. The van der Waals surface area contributed by atoms with Crippen LogP contribution in [0.15, 0.2) is 5.38 Å². The average molecular weight is 291 g/mol. The lowest BCUT2D eigenvalue weighted by molar-refractivity contribution is 0.356. The van der Waals surface area contributed by atoms with Crippen molar-refractivity contribution in [3.63, 3.8) is 0 Å². The van der Waals surface area contributed by atoms with Gasteiger partial charge in [-0.3, -0.25) is 0 Å². The number of anilines is 1. The molecule has 1 aliphatic carbocycles. The van der Waals surface area contributed by atoms with Crippen LogP contribution in [0.5, 0.6) is 0 Å². The number of thiazole rings is 1. The second kappa shape index (κ2) is 5.30. The lowest BCUT2D eigenvalue weighted by Crippen LogP contribution is -2.49. The molecule has 0 amide bonds. The Morgan fingerprint density at radius 2 is 2.00 bits per heavy atom. The van der Waals surface area contributed by atoms with Crippen molar-refractivity contribution in [3.8, 4) is 0 Å². The van der Waals surface area contributed by atoms with E-state index in [4.69, 9.17) is 4.98 Å². The molecule has 2 aliphatic heterocycles. The Morgan fingerprint density at radius 3 is 2.65 bits per heavy atom. The van der Waals surface area contributed by atoms with Crippen LogP contribution in [0.2, 0.25) is 0 Å². The maximum Gasteiger partial charge on any atom is 0.186 e. The average Bonchev–Trinajstić information content (AvgIpc) is 3.14. The standard InChI is InChI=1S/C16H25N3S/c1-2-7-17-12-8-13-5-6-14(9-12)19(13)16-18-15(10-20-16)11-3-4-11/h10-14,17H,2-9H2,1H3. The van der Waals surface area contributed by atoms with Gasteiger partial charge in [-0.1, -0.05) is 6.92 Å². The Balaban J connectivity index is 1.46. The molecule has 110 valence electrons. The van der Waals surface area contributed by atoms with Gasteiger partial charge in [0.15, 0.2) is 5.13 Å². The van der Waals surface area contributed by atoms with Gasteiger partial charge in [0, 0.05) is 29.4 Å². The number of piperidine rings is 1. The SMILES string of the molecule is CCCNC1CC2CCC(C1)N2c1nc(C2CC2)cs1. The maximum absolute atomic E-state index is 4.95. The van der Waals surface area contributed by atoms with Gasteiger partial charge in [0.2, 0.25) is 0 Å². The molecular weight excluding hydrogens is 266 g/mol. The third-order valence-corrected chi connectivity index (χ3v) is 6.01. The van der Waals surface area contributed by atoms with Crippen molar-refractivity contribution in [3.05, 3.63) is 11.1 Å². The largest absolute Gasteiger partial charge is 0.342 e. The van der Waals surface area contributed by atoms with Crippen LogP contribution in [-0.4, -0.2) is 29.7 Å². The highest BCUT2D eigenvalue weighted by atomic mass is 32.1. The summed E-state index contributed by atoms with van der Waals surface area (Å²) in [6.07, 6.45) is 9.33. The summed E-state index contributed by atoms with van der Waals surface area (Å²) < 4.78 is 0. The molecule has 0 radical (unpaired) electrons. The molecular formula is C16H25N3S. The number of nitrogens with zero attached hydrogens (tertiary/aromatic N) is 2. The first-order valence-electron chi connectivity index (χ1n) is 8.32.